The number of pyridine rings is 2. The van der Waals surface area contributed by atoms with Crippen LogP contribution in [0.5, 0.6) is 0 Å². The van der Waals surface area contributed by atoms with E-state index in [1.165, 1.54) is 4.90 Å². The molecule has 0 radical (unpaired) electrons. The third kappa shape index (κ3) is 6.96. The first kappa shape index (κ1) is 32.7. The molecule has 1 saturated heterocycles. The number of fused-ring (bicyclic) bond motifs is 2. The second kappa shape index (κ2) is 12.3. The predicted octanol–water partition coefficient (Wildman–Crippen LogP) is 6.41. The maximum atomic E-state index is 13.4. The predicted molar refractivity (Wildman–Crippen MR) is 166 cm³/mol. The topological polar surface area (TPSA) is 79.6 Å². The van der Waals surface area contributed by atoms with Crippen LogP contribution in [0, 0.1) is 6.92 Å². The van der Waals surface area contributed by atoms with Crippen LogP contribution in [0.4, 0.5) is 23.8 Å². The summed E-state index contributed by atoms with van der Waals surface area (Å²) in [5.41, 5.74) is 4.91. The fraction of sp³-hybridized carbons (Fsp3) is 0.545. The first-order valence-electron chi connectivity index (χ1n) is 15.4. The molecule has 2 aliphatic heterocycles. The number of hydrogen-bond acceptors (Lipinski definition) is 7. The van der Waals surface area contributed by atoms with Crippen LogP contribution in [0.25, 0.3) is 16.6 Å². The molecule has 1 unspecified atom stereocenters. The van der Waals surface area contributed by atoms with E-state index < -0.39 is 30.4 Å². The van der Waals surface area contributed by atoms with E-state index in [-0.39, 0.29) is 12.1 Å². The van der Waals surface area contributed by atoms with E-state index in [2.05, 4.69) is 14.3 Å². The second-order valence-corrected chi connectivity index (χ2v) is 13.2. The lowest BCUT2D eigenvalue weighted by Gasteiger charge is -2.39. The smallest absolute Gasteiger partial charge is 0.416 e. The average Bonchev–Trinajstić information content (AvgIpc) is 3.55. The summed E-state index contributed by atoms with van der Waals surface area (Å²) in [7, 11) is 0. The molecule has 45 heavy (non-hydrogen) atoms. The standard InChI is InChI=1S/C33H42F3N5O4/c1-20(2)44-30(42)26-18-27-24(23-8-11-37-29-25(23)10-13-41(29)31(43)45-32(5,6)7)9-12-40(27)28(21(26)3)22(4)39-16-14-38(15-17-39)19-33(34,35)36/h8-9,11-12,18,20,22H,10,13-17,19H2,1-7H3. The molecule has 0 N–H and O–H groups in total. The summed E-state index contributed by atoms with van der Waals surface area (Å²) in [4.78, 5) is 36.1. The molecule has 3 aromatic heterocycles. The van der Waals surface area contributed by atoms with Crippen LogP contribution in [-0.4, -0.2) is 88.4 Å². The number of esters is 1. The van der Waals surface area contributed by atoms with Crippen LogP contribution in [0.3, 0.4) is 0 Å². The highest BCUT2D eigenvalue weighted by Gasteiger charge is 2.35. The summed E-state index contributed by atoms with van der Waals surface area (Å²) in [5.74, 6) is 0.120. The summed E-state index contributed by atoms with van der Waals surface area (Å²) < 4.78 is 52.4. The van der Waals surface area contributed by atoms with Gasteiger partial charge in [-0.15, -0.1) is 0 Å². The lowest BCUT2D eigenvalue weighted by atomic mass is 9.97. The number of alkyl halides is 3. The molecule has 244 valence electrons. The number of carbonyl (C=O) groups is 2. The van der Waals surface area contributed by atoms with Gasteiger partial charge in [0, 0.05) is 68.0 Å². The Balaban J connectivity index is 1.56. The van der Waals surface area contributed by atoms with Crippen LogP contribution < -0.4 is 4.90 Å². The summed E-state index contributed by atoms with van der Waals surface area (Å²) in [6.07, 6.45) is -0.770. The Kier molecular flexibility index (Phi) is 8.93. The summed E-state index contributed by atoms with van der Waals surface area (Å²) >= 11 is 0. The van der Waals surface area contributed by atoms with E-state index >= 15 is 0 Å². The zero-order valence-corrected chi connectivity index (χ0v) is 27.0. The number of rotatable bonds is 6. The van der Waals surface area contributed by atoms with Gasteiger partial charge in [-0.2, -0.15) is 13.2 Å². The number of hydrogen-bond donors (Lipinski definition) is 0. The van der Waals surface area contributed by atoms with Crippen LogP contribution >= 0.6 is 0 Å². The van der Waals surface area contributed by atoms with Crippen LogP contribution in [0.15, 0.2) is 30.6 Å². The number of aromatic nitrogens is 2. The molecule has 0 bridgehead atoms. The summed E-state index contributed by atoms with van der Waals surface area (Å²) in [6.45, 7) is 14.0. The fourth-order valence-electron chi connectivity index (χ4n) is 6.37. The molecule has 1 fully saturated rings. The van der Waals surface area contributed by atoms with Crippen molar-refractivity contribution in [3.05, 3.63) is 53.0 Å². The molecule has 0 aliphatic carbocycles. The minimum absolute atomic E-state index is 0.196. The van der Waals surface area contributed by atoms with Gasteiger partial charge in [0.05, 0.1) is 23.7 Å². The van der Waals surface area contributed by atoms with Crippen molar-refractivity contribution >= 4 is 23.4 Å². The Morgan fingerprint density at radius 3 is 2.31 bits per heavy atom. The molecule has 9 nitrogen and oxygen atoms in total. The Hall–Kier alpha value is -3.64. The fourth-order valence-corrected chi connectivity index (χ4v) is 6.37. The number of carbonyl (C=O) groups excluding carboxylic acids is 2. The maximum Gasteiger partial charge on any atom is 0.416 e. The van der Waals surface area contributed by atoms with Crippen LogP contribution in [0.2, 0.25) is 0 Å². The first-order chi connectivity index (χ1) is 21.0. The van der Waals surface area contributed by atoms with Crippen molar-refractivity contribution in [2.75, 3.05) is 44.2 Å². The number of piperazine rings is 1. The van der Waals surface area contributed by atoms with Gasteiger partial charge in [-0.3, -0.25) is 14.7 Å². The molecule has 1 amide bonds. The Morgan fingerprint density at radius 1 is 1.00 bits per heavy atom. The van der Waals surface area contributed by atoms with Gasteiger partial charge in [-0.25, -0.2) is 14.6 Å². The number of nitrogens with zero attached hydrogens (tertiary/aromatic N) is 5. The van der Waals surface area contributed by atoms with Gasteiger partial charge in [-0.1, -0.05) is 0 Å². The minimum Gasteiger partial charge on any atom is -0.459 e. The number of halogens is 3. The Labute approximate surface area is 261 Å². The second-order valence-electron chi connectivity index (χ2n) is 13.2. The molecule has 5 rings (SSSR count). The molecule has 3 aromatic rings. The number of anilines is 1. The zero-order valence-electron chi connectivity index (χ0n) is 27.0. The van der Waals surface area contributed by atoms with Crippen molar-refractivity contribution in [2.24, 2.45) is 0 Å². The lowest BCUT2D eigenvalue weighted by molar-refractivity contribution is -0.149. The van der Waals surface area contributed by atoms with E-state index in [0.717, 1.165) is 33.5 Å². The Bertz CT molecular complexity index is 1590. The van der Waals surface area contributed by atoms with Gasteiger partial charge in [0.15, 0.2) is 0 Å². The summed E-state index contributed by atoms with van der Waals surface area (Å²) in [6, 6.07) is 5.57. The monoisotopic (exact) mass is 629 g/mol. The van der Waals surface area contributed by atoms with E-state index in [9.17, 15) is 22.8 Å². The van der Waals surface area contributed by atoms with Gasteiger partial charge in [-0.05, 0) is 84.2 Å². The molecule has 0 spiro atoms. The molecular formula is C33H42F3N5O4. The minimum atomic E-state index is -4.24. The largest absolute Gasteiger partial charge is 0.459 e. The van der Waals surface area contributed by atoms with E-state index in [0.29, 0.717) is 50.5 Å². The molecule has 12 heteroatoms. The van der Waals surface area contributed by atoms with Crippen LogP contribution in [-0.2, 0) is 15.9 Å². The zero-order chi connectivity index (χ0) is 32.8. The molecular weight excluding hydrogens is 587 g/mol. The average molecular weight is 630 g/mol. The number of amides is 1. The molecule has 2 aliphatic rings. The molecule has 1 atom stereocenters. The van der Waals surface area contributed by atoms with Crippen molar-refractivity contribution in [1.29, 1.82) is 0 Å². The quantitative estimate of drug-likeness (QED) is 0.292. The van der Waals surface area contributed by atoms with Crippen LogP contribution in [0.1, 0.15) is 74.8 Å². The molecule has 0 aromatic carbocycles. The lowest BCUT2D eigenvalue weighted by Crippen LogP contribution is -2.49. The first-order valence-corrected chi connectivity index (χ1v) is 15.4. The van der Waals surface area contributed by atoms with Gasteiger partial charge < -0.3 is 13.9 Å². The van der Waals surface area contributed by atoms with E-state index in [1.54, 1.807) is 24.9 Å². The van der Waals surface area contributed by atoms with E-state index in [1.807, 2.05) is 59.0 Å². The molecule has 0 saturated carbocycles. The SMILES string of the molecule is Cc1c(C(=O)OC(C)C)cc2c(-c3ccnc4c3CCN4C(=O)OC(C)(C)C)ccn2c1C(C)N1CCN(CC(F)(F)F)CC1. The van der Waals surface area contributed by atoms with Crippen molar-refractivity contribution < 1.29 is 32.2 Å². The highest BCUT2D eigenvalue weighted by Crippen LogP contribution is 2.39. The van der Waals surface area contributed by atoms with Gasteiger partial charge in [0.1, 0.15) is 11.4 Å². The summed E-state index contributed by atoms with van der Waals surface area (Å²) in [5, 5.41) is 0. The van der Waals surface area contributed by atoms with Gasteiger partial charge in [0.2, 0.25) is 0 Å². The third-order valence-corrected chi connectivity index (χ3v) is 8.35. The van der Waals surface area contributed by atoms with Crippen molar-refractivity contribution in [2.45, 2.75) is 78.8 Å². The third-order valence-electron chi connectivity index (χ3n) is 8.35. The van der Waals surface area contributed by atoms with Gasteiger partial charge >= 0.3 is 18.2 Å². The van der Waals surface area contributed by atoms with Crippen molar-refractivity contribution in [3.8, 4) is 11.1 Å². The van der Waals surface area contributed by atoms with Crippen molar-refractivity contribution in [1.82, 2.24) is 19.2 Å². The number of ether oxygens (including phenoxy) is 2. The maximum absolute atomic E-state index is 13.4. The van der Waals surface area contributed by atoms with Crippen molar-refractivity contribution in [3.63, 3.8) is 0 Å². The van der Waals surface area contributed by atoms with Gasteiger partial charge in [0.25, 0.3) is 0 Å². The highest BCUT2D eigenvalue weighted by molar-refractivity contribution is 5.97. The van der Waals surface area contributed by atoms with E-state index in [4.69, 9.17) is 9.47 Å². The normalized spacial score (nSPS) is 17.2. The molecule has 5 heterocycles. The Morgan fingerprint density at radius 2 is 1.69 bits per heavy atom. The highest BCUT2D eigenvalue weighted by atomic mass is 19.4.